The summed E-state index contributed by atoms with van der Waals surface area (Å²) < 4.78 is 0. The van der Waals surface area contributed by atoms with Crippen LogP contribution in [-0.2, 0) is 0 Å². The number of carbonyl (C=O) groups excluding carboxylic acids is 1. The van der Waals surface area contributed by atoms with E-state index in [1.165, 1.54) is 6.07 Å². The Morgan fingerprint density at radius 1 is 1.20 bits per heavy atom. The predicted octanol–water partition coefficient (Wildman–Crippen LogP) is 3.73. The van der Waals surface area contributed by atoms with Gasteiger partial charge in [-0.15, -0.1) is 0 Å². The van der Waals surface area contributed by atoms with Crippen LogP contribution < -0.4 is 16.8 Å². The van der Waals surface area contributed by atoms with Crippen molar-refractivity contribution in [1.82, 2.24) is 0 Å². The van der Waals surface area contributed by atoms with Crippen molar-refractivity contribution >= 4 is 46.2 Å². The smallest absolute Gasteiger partial charge is 0.248 e. The second kappa shape index (κ2) is 5.61. The van der Waals surface area contributed by atoms with Crippen LogP contribution in [0.15, 0.2) is 30.3 Å². The highest BCUT2D eigenvalue weighted by atomic mass is 35.5. The van der Waals surface area contributed by atoms with E-state index < -0.39 is 5.91 Å². The lowest BCUT2D eigenvalue weighted by atomic mass is 10.1. The van der Waals surface area contributed by atoms with Crippen molar-refractivity contribution in [1.29, 1.82) is 0 Å². The molecule has 0 radical (unpaired) electrons. The average molecular weight is 310 g/mol. The van der Waals surface area contributed by atoms with Crippen molar-refractivity contribution in [2.75, 3.05) is 11.1 Å². The number of nitrogens with two attached hydrogens (primary N) is 2. The number of aryl methyl sites for hydroxylation is 1. The fourth-order valence-corrected chi connectivity index (χ4v) is 2.20. The summed E-state index contributed by atoms with van der Waals surface area (Å²) in [4.78, 5) is 11.1. The van der Waals surface area contributed by atoms with Crippen molar-refractivity contribution < 1.29 is 4.79 Å². The number of rotatable bonds is 3. The predicted molar refractivity (Wildman–Crippen MR) is 83.9 cm³/mol. The van der Waals surface area contributed by atoms with Gasteiger partial charge in [-0.25, -0.2) is 0 Å². The second-order valence-electron chi connectivity index (χ2n) is 4.34. The molecule has 6 heteroatoms. The minimum absolute atomic E-state index is 0.342. The molecule has 2 aromatic rings. The van der Waals surface area contributed by atoms with Crippen LogP contribution in [-0.4, -0.2) is 5.91 Å². The zero-order chi connectivity index (χ0) is 14.9. The molecule has 0 saturated heterocycles. The van der Waals surface area contributed by atoms with Crippen LogP contribution in [0.1, 0.15) is 15.9 Å². The van der Waals surface area contributed by atoms with Crippen LogP contribution in [0, 0.1) is 6.92 Å². The minimum Gasteiger partial charge on any atom is -0.397 e. The molecule has 4 nitrogen and oxygen atoms in total. The molecule has 20 heavy (non-hydrogen) atoms. The summed E-state index contributed by atoms with van der Waals surface area (Å²) in [5, 5.41) is 4.08. The monoisotopic (exact) mass is 309 g/mol. The quantitative estimate of drug-likeness (QED) is 0.756. The SMILES string of the molecule is Cc1ccc(Cl)c(Nc2ccc(C(N)=O)cc2N)c1Cl. The Kier molecular flexibility index (Phi) is 4.06. The van der Waals surface area contributed by atoms with Gasteiger partial charge in [-0.1, -0.05) is 29.3 Å². The molecule has 104 valence electrons. The molecule has 1 amide bonds. The first-order valence-electron chi connectivity index (χ1n) is 5.81. The third kappa shape index (κ3) is 2.81. The normalized spacial score (nSPS) is 10.3. The van der Waals surface area contributed by atoms with E-state index in [0.29, 0.717) is 32.7 Å². The molecule has 0 bridgehead atoms. The summed E-state index contributed by atoms with van der Waals surface area (Å²) in [5.74, 6) is -0.533. The number of anilines is 3. The van der Waals surface area contributed by atoms with Gasteiger partial charge in [0.25, 0.3) is 0 Å². The average Bonchev–Trinajstić information content (AvgIpc) is 2.40. The summed E-state index contributed by atoms with van der Waals surface area (Å²) in [6, 6.07) is 8.32. The Balaban J connectivity index is 2.41. The fraction of sp³-hybridized carbons (Fsp3) is 0.0714. The molecular formula is C14H13Cl2N3O. The number of primary amides is 1. The van der Waals surface area contributed by atoms with E-state index in [0.717, 1.165) is 5.56 Å². The van der Waals surface area contributed by atoms with Gasteiger partial charge in [-0.2, -0.15) is 0 Å². The number of amides is 1. The van der Waals surface area contributed by atoms with Crippen molar-refractivity contribution in [2.45, 2.75) is 6.92 Å². The molecule has 2 aromatic carbocycles. The summed E-state index contributed by atoms with van der Waals surface area (Å²) >= 11 is 12.3. The first-order chi connectivity index (χ1) is 9.40. The van der Waals surface area contributed by atoms with E-state index in [9.17, 15) is 4.79 Å². The molecule has 0 aromatic heterocycles. The zero-order valence-electron chi connectivity index (χ0n) is 10.7. The van der Waals surface area contributed by atoms with Gasteiger partial charge >= 0.3 is 0 Å². The lowest BCUT2D eigenvalue weighted by Gasteiger charge is -2.14. The summed E-state index contributed by atoms with van der Waals surface area (Å²) in [6.45, 7) is 1.88. The third-order valence-electron chi connectivity index (χ3n) is 2.88. The molecule has 0 spiro atoms. The summed E-state index contributed by atoms with van der Waals surface area (Å²) in [5.41, 5.74) is 13.9. The van der Waals surface area contributed by atoms with Crippen molar-refractivity contribution in [2.24, 2.45) is 5.73 Å². The van der Waals surface area contributed by atoms with Crippen LogP contribution in [0.3, 0.4) is 0 Å². The number of hydrogen-bond donors (Lipinski definition) is 3. The number of nitrogen functional groups attached to an aromatic ring is 1. The second-order valence-corrected chi connectivity index (χ2v) is 5.13. The maximum atomic E-state index is 11.1. The molecule has 0 fully saturated rings. The number of hydrogen-bond acceptors (Lipinski definition) is 3. The lowest BCUT2D eigenvalue weighted by molar-refractivity contribution is 0.100. The molecule has 0 saturated carbocycles. The van der Waals surface area contributed by atoms with Crippen molar-refractivity contribution in [3.8, 4) is 0 Å². The van der Waals surface area contributed by atoms with E-state index in [2.05, 4.69) is 5.32 Å². The molecule has 0 aliphatic rings. The molecule has 2 rings (SSSR count). The summed E-state index contributed by atoms with van der Waals surface area (Å²) in [7, 11) is 0. The Morgan fingerprint density at radius 2 is 1.90 bits per heavy atom. The van der Waals surface area contributed by atoms with E-state index >= 15 is 0 Å². The lowest BCUT2D eigenvalue weighted by Crippen LogP contribution is -2.11. The molecular weight excluding hydrogens is 297 g/mol. The molecule has 0 atom stereocenters. The number of carbonyl (C=O) groups is 1. The first-order valence-corrected chi connectivity index (χ1v) is 6.56. The molecule has 5 N–H and O–H groups in total. The maximum Gasteiger partial charge on any atom is 0.248 e. The maximum absolute atomic E-state index is 11.1. The van der Waals surface area contributed by atoms with Gasteiger partial charge in [0.15, 0.2) is 0 Å². The van der Waals surface area contributed by atoms with Gasteiger partial charge < -0.3 is 16.8 Å². The molecule has 0 heterocycles. The highest BCUT2D eigenvalue weighted by Crippen LogP contribution is 2.36. The molecule has 0 aliphatic carbocycles. The van der Waals surface area contributed by atoms with Gasteiger partial charge in [0.1, 0.15) is 0 Å². The largest absolute Gasteiger partial charge is 0.397 e. The number of halogens is 2. The van der Waals surface area contributed by atoms with Crippen LogP contribution >= 0.6 is 23.2 Å². The van der Waals surface area contributed by atoms with E-state index in [1.54, 1.807) is 18.2 Å². The highest BCUT2D eigenvalue weighted by Gasteiger charge is 2.11. The Bertz CT molecular complexity index is 686. The van der Waals surface area contributed by atoms with E-state index in [1.807, 2.05) is 13.0 Å². The van der Waals surface area contributed by atoms with Crippen LogP contribution in [0.2, 0.25) is 10.0 Å². The number of benzene rings is 2. The van der Waals surface area contributed by atoms with Crippen LogP contribution in [0.4, 0.5) is 17.1 Å². The van der Waals surface area contributed by atoms with Gasteiger partial charge in [-0.3, -0.25) is 4.79 Å². The summed E-state index contributed by atoms with van der Waals surface area (Å²) in [6.07, 6.45) is 0. The number of nitrogens with one attached hydrogen (secondary N) is 1. The van der Waals surface area contributed by atoms with E-state index in [-0.39, 0.29) is 0 Å². The standard InChI is InChI=1S/C14H13Cl2N3O/c1-7-2-4-9(15)13(12(7)16)19-11-5-3-8(14(18)20)6-10(11)17/h2-6,19H,17H2,1H3,(H2,18,20). The van der Waals surface area contributed by atoms with Crippen molar-refractivity contribution in [3.63, 3.8) is 0 Å². The third-order valence-corrected chi connectivity index (χ3v) is 3.68. The molecule has 0 unspecified atom stereocenters. The Morgan fingerprint density at radius 3 is 2.50 bits per heavy atom. The van der Waals surface area contributed by atoms with Crippen molar-refractivity contribution in [3.05, 3.63) is 51.5 Å². The topological polar surface area (TPSA) is 81.1 Å². The van der Waals surface area contributed by atoms with Gasteiger partial charge in [-0.05, 0) is 36.8 Å². The van der Waals surface area contributed by atoms with E-state index in [4.69, 9.17) is 34.7 Å². The Hall–Kier alpha value is -1.91. The zero-order valence-corrected chi connectivity index (χ0v) is 12.2. The molecule has 0 aliphatic heterocycles. The highest BCUT2D eigenvalue weighted by molar-refractivity contribution is 6.39. The minimum atomic E-state index is -0.533. The first kappa shape index (κ1) is 14.5. The van der Waals surface area contributed by atoms with Crippen LogP contribution in [0.25, 0.3) is 0 Å². The fourth-order valence-electron chi connectivity index (χ4n) is 1.74. The van der Waals surface area contributed by atoms with Gasteiger partial charge in [0.2, 0.25) is 5.91 Å². The van der Waals surface area contributed by atoms with Crippen LogP contribution in [0.5, 0.6) is 0 Å². The Labute approximate surface area is 126 Å². The van der Waals surface area contributed by atoms with Gasteiger partial charge in [0.05, 0.1) is 27.1 Å². The van der Waals surface area contributed by atoms with Gasteiger partial charge in [0, 0.05) is 5.56 Å².